The summed E-state index contributed by atoms with van der Waals surface area (Å²) >= 11 is 1.34. The lowest BCUT2D eigenvalue weighted by molar-refractivity contribution is 0.102. The summed E-state index contributed by atoms with van der Waals surface area (Å²) in [5, 5.41) is 12.4. The lowest BCUT2D eigenvalue weighted by Gasteiger charge is -2.19. The number of hydrogen-bond acceptors (Lipinski definition) is 6. The maximum atomic E-state index is 12.3. The maximum absolute atomic E-state index is 12.3. The highest BCUT2D eigenvalue weighted by atomic mass is 35.5. The van der Waals surface area contributed by atoms with Crippen molar-refractivity contribution < 1.29 is 9.53 Å². The Hall–Kier alpha value is -1.64. The van der Waals surface area contributed by atoms with Crippen LogP contribution in [0, 0.1) is 0 Å². The van der Waals surface area contributed by atoms with E-state index in [-0.39, 0.29) is 18.3 Å². The van der Waals surface area contributed by atoms with E-state index >= 15 is 0 Å². The van der Waals surface area contributed by atoms with Crippen molar-refractivity contribution in [2.45, 2.75) is 18.8 Å². The lowest BCUT2D eigenvalue weighted by Crippen LogP contribution is -2.27. The zero-order chi connectivity index (χ0) is 15.5. The van der Waals surface area contributed by atoms with Crippen LogP contribution in [-0.2, 0) is 7.05 Å². The molecule has 1 fully saturated rings. The molecule has 0 unspecified atom stereocenters. The average Bonchev–Trinajstić information content (AvgIpc) is 3.15. The number of amides is 1. The molecule has 3 rings (SSSR count). The van der Waals surface area contributed by atoms with E-state index in [4.69, 9.17) is 4.74 Å². The molecule has 9 heteroatoms. The number of nitrogens with zero attached hydrogens (tertiary/aromatic N) is 3. The van der Waals surface area contributed by atoms with Crippen molar-refractivity contribution in [3.63, 3.8) is 0 Å². The highest BCUT2D eigenvalue weighted by Crippen LogP contribution is 2.26. The van der Waals surface area contributed by atoms with Crippen LogP contribution in [-0.4, -0.2) is 40.9 Å². The highest BCUT2D eigenvalue weighted by Gasteiger charge is 2.22. The van der Waals surface area contributed by atoms with Gasteiger partial charge in [-0.05, 0) is 37.4 Å². The van der Waals surface area contributed by atoms with Crippen LogP contribution in [0.1, 0.15) is 34.3 Å². The number of carbonyl (C=O) groups excluding carboxylic acids is 1. The van der Waals surface area contributed by atoms with Gasteiger partial charge in [0.05, 0.1) is 7.11 Å². The van der Waals surface area contributed by atoms with Crippen LogP contribution in [0.25, 0.3) is 0 Å². The molecule has 0 bridgehead atoms. The fourth-order valence-corrected chi connectivity index (χ4v) is 3.30. The fraction of sp³-hybridized carbons (Fsp3) is 0.500. The molecule has 0 spiro atoms. The molecule has 0 saturated carbocycles. The molecule has 23 heavy (non-hydrogen) atoms. The van der Waals surface area contributed by atoms with E-state index in [1.54, 1.807) is 24.9 Å². The Balaban J connectivity index is 0.00000192. The zero-order valence-electron chi connectivity index (χ0n) is 13.0. The number of methoxy groups -OCH3 is 1. The lowest BCUT2D eigenvalue weighted by atomic mass is 9.98. The molecular weight excluding hydrogens is 338 g/mol. The molecule has 0 atom stereocenters. The van der Waals surface area contributed by atoms with Crippen LogP contribution in [0.5, 0.6) is 5.75 Å². The number of piperidine rings is 1. The molecule has 2 N–H and O–H groups in total. The van der Waals surface area contributed by atoms with Crippen molar-refractivity contribution in [3.05, 3.63) is 22.1 Å². The van der Waals surface area contributed by atoms with Gasteiger partial charge in [-0.15, -0.1) is 23.7 Å². The first kappa shape index (κ1) is 17.7. The minimum atomic E-state index is -0.223. The Labute approximate surface area is 144 Å². The third-order valence-electron chi connectivity index (χ3n) is 3.76. The first-order valence-electron chi connectivity index (χ1n) is 7.23. The highest BCUT2D eigenvalue weighted by molar-refractivity contribution is 7.12. The summed E-state index contributed by atoms with van der Waals surface area (Å²) in [5.41, 5.74) is 0. The van der Waals surface area contributed by atoms with Gasteiger partial charge >= 0.3 is 0 Å². The Morgan fingerprint density at radius 2 is 2.22 bits per heavy atom. The molecule has 1 aliphatic heterocycles. The predicted molar refractivity (Wildman–Crippen MR) is 91.9 cm³/mol. The number of ether oxygens (including phenoxy) is 1. The molecular formula is C14H20ClN5O2S. The van der Waals surface area contributed by atoms with Gasteiger partial charge in [-0.25, -0.2) is 4.68 Å². The number of carbonyl (C=O) groups is 1. The topological polar surface area (TPSA) is 81.1 Å². The van der Waals surface area contributed by atoms with Gasteiger partial charge in [0.25, 0.3) is 5.91 Å². The van der Waals surface area contributed by atoms with Crippen molar-refractivity contribution in [2.24, 2.45) is 7.05 Å². The van der Waals surface area contributed by atoms with Gasteiger partial charge < -0.3 is 10.1 Å². The Morgan fingerprint density at radius 1 is 1.48 bits per heavy atom. The largest absolute Gasteiger partial charge is 0.495 e. The number of anilines is 1. The monoisotopic (exact) mass is 357 g/mol. The molecule has 0 aliphatic carbocycles. The standard InChI is InChI=1S/C14H19N5O2S.ClH/c1-19-14(16-12(18-19)9-3-6-15-7-4-9)17-13(20)11-10(21-2)5-8-22-11;/h5,8-9,15H,3-4,6-7H2,1-2H3,(H,16,17,18,20);1H. The molecule has 0 radical (unpaired) electrons. The van der Waals surface area contributed by atoms with Gasteiger partial charge in [0.15, 0.2) is 5.82 Å². The SMILES string of the molecule is COc1ccsc1C(=O)Nc1nc(C2CCNCC2)nn1C.Cl. The number of aromatic nitrogens is 3. The van der Waals surface area contributed by atoms with Crippen LogP contribution in [0.2, 0.25) is 0 Å². The van der Waals surface area contributed by atoms with E-state index in [0.29, 0.717) is 22.5 Å². The first-order valence-corrected chi connectivity index (χ1v) is 8.11. The quantitative estimate of drug-likeness (QED) is 0.875. The van der Waals surface area contributed by atoms with E-state index in [1.807, 2.05) is 5.38 Å². The Morgan fingerprint density at radius 3 is 2.91 bits per heavy atom. The van der Waals surface area contributed by atoms with Gasteiger partial charge in [-0.3, -0.25) is 10.1 Å². The minimum absolute atomic E-state index is 0. The van der Waals surface area contributed by atoms with Crippen molar-refractivity contribution in [3.8, 4) is 5.75 Å². The van der Waals surface area contributed by atoms with Crippen LogP contribution in [0.4, 0.5) is 5.95 Å². The molecule has 1 aliphatic rings. The number of halogens is 1. The third-order valence-corrected chi connectivity index (χ3v) is 4.66. The van der Waals surface area contributed by atoms with E-state index in [9.17, 15) is 4.79 Å². The normalized spacial score (nSPS) is 15.0. The number of hydrogen-bond donors (Lipinski definition) is 2. The Bertz CT molecular complexity index is 666. The third kappa shape index (κ3) is 3.82. The summed E-state index contributed by atoms with van der Waals surface area (Å²) in [6.45, 7) is 1.97. The maximum Gasteiger partial charge on any atom is 0.271 e. The molecule has 2 aromatic rings. The van der Waals surface area contributed by atoms with Crippen molar-refractivity contribution in [1.29, 1.82) is 0 Å². The number of aryl methyl sites for hydroxylation is 1. The molecule has 0 aromatic carbocycles. The fourth-order valence-electron chi connectivity index (χ4n) is 2.55. The summed E-state index contributed by atoms with van der Waals surface area (Å²) in [4.78, 5) is 17.4. The average molecular weight is 358 g/mol. The van der Waals surface area contributed by atoms with Crippen LogP contribution < -0.4 is 15.4 Å². The number of thiophene rings is 1. The second-order valence-electron chi connectivity index (χ2n) is 5.21. The molecule has 7 nitrogen and oxygen atoms in total. The summed E-state index contributed by atoms with van der Waals surface area (Å²) in [7, 11) is 3.34. The summed E-state index contributed by atoms with van der Waals surface area (Å²) in [5.74, 6) is 1.98. The second-order valence-corrected chi connectivity index (χ2v) is 6.13. The summed E-state index contributed by atoms with van der Waals surface area (Å²) < 4.78 is 6.79. The van der Waals surface area contributed by atoms with Gasteiger partial charge in [-0.2, -0.15) is 10.1 Å². The van der Waals surface area contributed by atoms with E-state index in [2.05, 4.69) is 20.7 Å². The van der Waals surface area contributed by atoms with Crippen LogP contribution in [0.15, 0.2) is 11.4 Å². The van der Waals surface area contributed by atoms with Crippen LogP contribution in [0.3, 0.4) is 0 Å². The van der Waals surface area contributed by atoms with Crippen LogP contribution >= 0.6 is 23.7 Å². The molecule has 3 heterocycles. The number of nitrogens with one attached hydrogen (secondary N) is 2. The van der Waals surface area contributed by atoms with Gasteiger partial charge in [0, 0.05) is 13.0 Å². The molecule has 2 aromatic heterocycles. The predicted octanol–water partition coefficient (Wildman–Crippen LogP) is 2.03. The minimum Gasteiger partial charge on any atom is -0.495 e. The second kappa shape index (κ2) is 7.76. The van der Waals surface area contributed by atoms with E-state index < -0.39 is 0 Å². The number of rotatable bonds is 4. The Kier molecular flexibility index (Phi) is 5.97. The van der Waals surface area contributed by atoms with Gasteiger partial charge in [-0.1, -0.05) is 0 Å². The molecule has 1 saturated heterocycles. The molecule has 126 valence electrons. The van der Waals surface area contributed by atoms with Gasteiger partial charge in [0.2, 0.25) is 5.95 Å². The smallest absolute Gasteiger partial charge is 0.271 e. The molecule has 1 amide bonds. The summed E-state index contributed by atoms with van der Waals surface area (Å²) in [6.07, 6.45) is 2.05. The van der Waals surface area contributed by atoms with E-state index in [0.717, 1.165) is 31.8 Å². The van der Waals surface area contributed by atoms with Gasteiger partial charge in [0.1, 0.15) is 10.6 Å². The van der Waals surface area contributed by atoms with Crippen molar-refractivity contribution in [1.82, 2.24) is 20.1 Å². The first-order chi connectivity index (χ1) is 10.7. The van der Waals surface area contributed by atoms with E-state index in [1.165, 1.54) is 11.3 Å². The van der Waals surface area contributed by atoms with Crippen molar-refractivity contribution in [2.75, 3.05) is 25.5 Å². The summed E-state index contributed by atoms with van der Waals surface area (Å²) in [6, 6.07) is 1.77. The van der Waals surface area contributed by atoms with Crippen molar-refractivity contribution >= 4 is 35.6 Å². The zero-order valence-corrected chi connectivity index (χ0v) is 14.7.